The molecule has 2 rings (SSSR count). The Morgan fingerprint density at radius 3 is 2.12 bits per heavy atom. The number of aryl methyl sites for hydroxylation is 3. The molecule has 138 valence electrons. The van der Waals surface area contributed by atoms with E-state index in [1.54, 1.807) is 6.26 Å². The number of carbonyl (C=O) groups is 2. The molecule has 2 amide bonds. The minimum Gasteiger partial charge on any atom is -0.340 e. The Balaban J connectivity index is 2.14. The average molecular weight is 372 g/mol. The number of hydrogen-bond acceptors (Lipinski definition) is 3. The summed E-state index contributed by atoms with van der Waals surface area (Å²) in [7, 11) is -1.12. The van der Waals surface area contributed by atoms with E-state index in [1.165, 1.54) is 0 Å². The zero-order valence-electron chi connectivity index (χ0n) is 15.5. The van der Waals surface area contributed by atoms with Crippen molar-refractivity contribution in [3.8, 4) is 0 Å². The summed E-state index contributed by atoms with van der Waals surface area (Å²) in [6, 6.07) is 12.6. The monoisotopic (exact) mass is 372 g/mol. The third-order valence-electron chi connectivity index (χ3n) is 4.03. The Hall–Kier alpha value is -2.47. The first kappa shape index (κ1) is 19.8. The number of carbonyl (C=O) groups excluding carboxylic acids is 2. The maximum absolute atomic E-state index is 12.4. The molecule has 0 aliphatic carbocycles. The van der Waals surface area contributed by atoms with E-state index < -0.39 is 28.7 Å². The van der Waals surface area contributed by atoms with Gasteiger partial charge in [0.25, 0.3) is 0 Å². The standard InChI is InChI=1S/C20H24N2O3S/c1-13-10-14(2)18(15(3)11-13)22-20(24)19(23)21-17(12-26(4)25)16-8-6-5-7-9-16/h5-11,17H,12H2,1-4H3,(H,21,23)(H,22,24). The van der Waals surface area contributed by atoms with Crippen LogP contribution in [0.5, 0.6) is 0 Å². The molecular weight excluding hydrogens is 348 g/mol. The van der Waals surface area contributed by atoms with Gasteiger partial charge in [0.05, 0.1) is 6.04 Å². The van der Waals surface area contributed by atoms with Gasteiger partial charge in [-0.3, -0.25) is 13.8 Å². The highest BCUT2D eigenvalue weighted by atomic mass is 32.2. The lowest BCUT2D eigenvalue weighted by Gasteiger charge is -2.18. The Morgan fingerprint density at radius 2 is 1.58 bits per heavy atom. The lowest BCUT2D eigenvalue weighted by Crippen LogP contribution is -2.39. The molecule has 26 heavy (non-hydrogen) atoms. The highest BCUT2D eigenvalue weighted by molar-refractivity contribution is 7.84. The summed E-state index contributed by atoms with van der Waals surface area (Å²) in [5.41, 5.74) is 4.35. The summed E-state index contributed by atoms with van der Waals surface area (Å²) in [6.45, 7) is 5.76. The number of hydrogen-bond donors (Lipinski definition) is 2. The van der Waals surface area contributed by atoms with Gasteiger partial charge in [-0.2, -0.15) is 0 Å². The number of amides is 2. The molecule has 0 saturated heterocycles. The average Bonchev–Trinajstić information content (AvgIpc) is 2.57. The molecule has 0 aliphatic heterocycles. The zero-order valence-corrected chi connectivity index (χ0v) is 16.3. The number of benzene rings is 2. The molecule has 0 radical (unpaired) electrons. The summed E-state index contributed by atoms with van der Waals surface area (Å²) in [5.74, 6) is -1.24. The second-order valence-corrected chi connectivity index (χ2v) is 7.88. The minimum absolute atomic E-state index is 0.242. The predicted octanol–water partition coefficient (Wildman–Crippen LogP) is 2.79. The molecule has 0 spiro atoms. The Kier molecular flexibility index (Phi) is 6.69. The van der Waals surface area contributed by atoms with Crippen LogP contribution in [0.3, 0.4) is 0 Å². The van der Waals surface area contributed by atoms with Crippen LogP contribution in [0.1, 0.15) is 28.3 Å². The van der Waals surface area contributed by atoms with Gasteiger partial charge in [0.1, 0.15) is 0 Å². The lowest BCUT2D eigenvalue weighted by molar-refractivity contribution is -0.136. The highest BCUT2D eigenvalue weighted by Gasteiger charge is 2.22. The van der Waals surface area contributed by atoms with Crippen LogP contribution in [-0.2, 0) is 20.4 Å². The molecular formula is C20H24N2O3S. The van der Waals surface area contributed by atoms with E-state index in [0.29, 0.717) is 5.69 Å². The van der Waals surface area contributed by atoms with Crippen LogP contribution in [0.25, 0.3) is 0 Å². The molecule has 0 fully saturated rings. The van der Waals surface area contributed by atoms with Gasteiger partial charge >= 0.3 is 11.8 Å². The fraction of sp³-hybridized carbons (Fsp3) is 0.300. The van der Waals surface area contributed by atoms with Crippen LogP contribution < -0.4 is 10.6 Å². The fourth-order valence-electron chi connectivity index (χ4n) is 2.91. The van der Waals surface area contributed by atoms with Crippen molar-refractivity contribution < 1.29 is 13.8 Å². The first-order valence-electron chi connectivity index (χ1n) is 8.32. The fourth-order valence-corrected chi connectivity index (χ4v) is 3.66. The van der Waals surface area contributed by atoms with Gasteiger partial charge in [-0.25, -0.2) is 0 Å². The number of nitrogens with one attached hydrogen (secondary N) is 2. The summed E-state index contributed by atoms with van der Waals surface area (Å²) < 4.78 is 11.7. The molecule has 2 atom stereocenters. The highest BCUT2D eigenvalue weighted by Crippen LogP contribution is 2.22. The van der Waals surface area contributed by atoms with E-state index in [1.807, 2.05) is 63.2 Å². The van der Waals surface area contributed by atoms with Gasteiger partial charge in [-0.1, -0.05) is 48.0 Å². The van der Waals surface area contributed by atoms with Crippen molar-refractivity contribution >= 4 is 28.3 Å². The van der Waals surface area contributed by atoms with Crippen LogP contribution in [0.4, 0.5) is 5.69 Å². The van der Waals surface area contributed by atoms with Crippen LogP contribution in [-0.4, -0.2) is 28.0 Å². The Morgan fingerprint density at radius 1 is 1.00 bits per heavy atom. The van der Waals surface area contributed by atoms with Crippen LogP contribution in [0.2, 0.25) is 0 Å². The van der Waals surface area contributed by atoms with Crippen molar-refractivity contribution in [1.29, 1.82) is 0 Å². The second-order valence-electron chi connectivity index (χ2n) is 6.40. The Bertz CT molecular complexity index is 811. The summed E-state index contributed by atoms with van der Waals surface area (Å²) >= 11 is 0. The van der Waals surface area contributed by atoms with Gasteiger partial charge in [0.15, 0.2) is 0 Å². The summed E-state index contributed by atoms with van der Waals surface area (Å²) in [4.78, 5) is 24.7. The van der Waals surface area contributed by atoms with Gasteiger partial charge < -0.3 is 10.6 Å². The topological polar surface area (TPSA) is 75.3 Å². The number of anilines is 1. The van der Waals surface area contributed by atoms with Gasteiger partial charge in [-0.05, 0) is 37.5 Å². The molecule has 2 unspecified atom stereocenters. The van der Waals surface area contributed by atoms with Gasteiger partial charge in [-0.15, -0.1) is 0 Å². The van der Waals surface area contributed by atoms with Crippen molar-refractivity contribution in [1.82, 2.24) is 5.32 Å². The predicted molar refractivity (Wildman–Crippen MR) is 106 cm³/mol. The van der Waals surface area contributed by atoms with E-state index >= 15 is 0 Å². The molecule has 0 saturated carbocycles. The van der Waals surface area contributed by atoms with E-state index in [9.17, 15) is 13.8 Å². The van der Waals surface area contributed by atoms with Crippen molar-refractivity contribution in [2.75, 3.05) is 17.3 Å². The summed E-state index contributed by atoms with van der Waals surface area (Å²) in [6.07, 6.45) is 1.57. The SMILES string of the molecule is Cc1cc(C)c(NC(=O)C(=O)NC(CS(C)=O)c2ccccc2)c(C)c1. The third-order valence-corrected chi connectivity index (χ3v) is 4.83. The third kappa shape index (κ3) is 5.26. The van der Waals surface area contributed by atoms with E-state index in [2.05, 4.69) is 10.6 Å². The van der Waals surface area contributed by atoms with Gasteiger partial charge in [0, 0.05) is 28.5 Å². The first-order chi connectivity index (χ1) is 12.3. The quantitative estimate of drug-likeness (QED) is 0.793. The molecule has 0 aromatic heterocycles. The Labute approximate surface area is 156 Å². The van der Waals surface area contributed by atoms with E-state index in [4.69, 9.17) is 0 Å². The van der Waals surface area contributed by atoms with E-state index in [-0.39, 0.29) is 5.75 Å². The molecule has 0 aliphatic rings. The lowest BCUT2D eigenvalue weighted by atomic mass is 10.1. The normalized spacial score (nSPS) is 12.9. The molecule has 0 bridgehead atoms. The second kappa shape index (κ2) is 8.76. The maximum atomic E-state index is 12.4. The smallest absolute Gasteiger partial charge is 0.313 e. The maximum Gasteiger partial charge on any atom is 0.313 e. The molecule has 2 aromatic carbocycles. The molecule has 5 nitrogen and oxygen atoms in total. The minimum atomic E-state index is -1.12. The molecule has 0 heterocycles. The van der Waals surface area contributed by atoms with Crippen LogP contribution in [0.15, 0.2) is 42.5 Å². The van der Waals surface area contributed by atoms with Crippen molar-refractivity contribution in [3.05, 3.63) is 64.7 Å². The first-order valence-corrected chi connectivity index (χ1v) is 10.1. The van der Waals surface area contributed by atoms with Crippen molar-refractivity contribution in [3.63, 3.8) is 0 Å². The van der Waals surface area contributed by atoms with E-state index in [0.717, 1.165) is 22.3 Å². The van der Waals surface area contributed by atoms with Gasteiger partial charge in [0.2, 0.25) is 0 Å². The summed E-state index contributed by atoms with van der Waals surface area (Å²) in [5, 5.41) is 5.38. The molecule has 2 aromatic rings. The van der Waals surface area contributed by atoms with Crippen molar-refractivity contribution in [2.45, 2.75) is 26.8 Å². The number of rotatable bonds is 5. The molecule has 6 heteroatoms. The zero-order chi connectivity index (χ0) is 19.3. The largest absolute Gasteiger partial charge is 0.340 e. The van der Waals surface area contributed by atoms with Crippen molar-refractivity contribution in [2.24, 2.45) is 0 Å². The van der Waals surface area contributed by atoms with Crippen LogP contribution >= 0.6 is 0 Å². The molecule has 2 N–H and O–H groups in total. The van der Waals surface area contributed by atoms with Crippen LogP contribution in [0, 0.1) is 20.8 Å².